The van der Waals surface area contributed by atoms with Crippen LogP contribution in [0.1, 0.15) is 39.4 Å². The van der Waals surface area contributed by atoms with E-state index in [0.29, 0.717) is 0 Å². The summed E-state index contributed by atoms with van der Waals surface area (Å²) < 4.78 is 24.2. The van der Waals surface area contributed by atoms with Crippen molar-refractivity contribution in [2.45, 2.75) is 58.7 Å². The van der Waals surface area contributed by atoms with Gasteiger partial charge in [0.25, 0.3) is 0 Å². The lowest BCUT2D eigenvalue weighted by Crippen LogP contribution is -2.43. The van der Waals surface area contributed by atoms with Crippen molar-refractivity contribution in [1.82, 2.24) is 15.0 Å². The number of hydrogen-bond donors (Lipinski definition) is 2. The normalized spacial score (nSPS) is 13.4. The van der Waals surface area contributed by atoms with Gasteiger partial charge in [-0.25, -0.2) is 18.8 Å². The van der Waals surface area contributed by atoms with Crippen molar-refractivity contribution in [3.05, 3.63) is 28.3 Å². The monoisotopic (exact) mass is 359 g/mol. The molecule has 0 saturated carbocycles. The molecular weight excluding hydrogens is 337 g/mol. The van der Waals surface area contributed by atoms with Crippen LogP contribution >= 0.6 is 0 Å². The first-order valence-corrected chi connectivity index (χ1v) is 7.59. The van der Waals surface area contributed by atoms with Crippen LogP contribution in [0.15, 0.2) is 21.2 Å². The molecule has 0 aromatic carbocycles. The van der Waals surface area contributed by atoms with Crippen LogP contribution in [0.4, 0.5) is 9.18 Å². The number of carboxylic acid groups (broad SMARTS) is 1. The maximum atomic E-state index is 13.8. The van der Waals surface area contributed by atoms with Gasteiger partial charge < -0.3 is 15.2 Å². The number of amides is 1. The Morgan fingerprint density at radius 2 is 2.12 bits per heavy atom. The molecule has 0 aliphatic heterocycles. The molecule has 0 fully saturated rings. The lowest BCUT2D eigenvalue weighted by Gasteiger charge is -2.21. The Morgan fingerprint density at radius 3 is 2.60 bits per heavy atom. The number of aliphatic carboxylic acids is 1. The van der Waals surface area contributed by atoms with E-state index in [-0.39, 0.29) is 25.2 Å². The minimum absolute atomic E-state index is 0.0394. The van der Waals surface area contributed by atoms with Crippen molar-refractivity contribution in [2.24, 2.45) is 0 Å². The Balaban J connectivity index is 2.58. The van der Waals surface area contributed by atoms with Crippen molar-refractivity contribution >= 4 is 12.1 Å². The van der Waals surface area contributed by atoms with Crippen molar-refractivity contribution in [2.75, 3.05) is 0 Å². The Labute approximate surface area is 143 Å². The largest absolute Gasteiger partial charge is 0.480 e. The van der Waals surface area contributed by atoms with Crippen LogP contribution in [0.2, 0.25) is 0 Å². The fraction of sp³-hybridized carbons (Fsp3) is 0.600. The SMILES string of the molecule is Cc1noc(=O)n1C/C(F)=C\CC[C@H](NC(=O)OC(C)(C)C)C(=O)O. The van der Waals surface area contributed by atoms with Gasteiger partial charge in [0.05, 0.1) is 6.54 Å². The fourth-order valence-electron chi connectivity index (χ4n) is 1.84. The van der Waals surface area contributed by atoms with E-state index in [1.807, 2.05) is 0 Å². The molecule has 0 spiro atoms. The highest BCUT2D eigenvalue weighted by Gasteiger charge is 2.23. The van der Waals surface area contributed by atoms with Gasteiger partial charge in [0, 0.05) is 0 Å². The zero-order chi connectivity index (χ0) is 19.2. The van der Waals surface area contributed by atoms with Gasteiger partial charge in [0.2, 0.25) is 0 Å². The summed E-state index contributed by atoms with van der Waals surface area (Å²) in [6.07, 6.45) is 0.277. The van der Waals surface area contributed by atoms with E-state index in [0.717, 1.165) is 10.6 Å². The minimum atomic E-state index is -1.26. The summed E-state index contributed by atoms with van der Waals surface area (Å²) >= 11 is 0. The molecule has 9 nitrogen and oxygen atoms in total. The zero-order valence-corrected chi connectivity index (χ0v) is 14.5. The summed E-state index contributed by atoms with van der Waals surface area (Å²) in [5.74, 6) is -2.46. The number of aryl methyl sites for hydroxylation is 1. The molecule has 0 bridgehead atoms. The van der Waals surface area contributed by atoms with E-state index in [2.05, 4.69) is 15.0 Å². The lowest BCUT2D eigenvalue weighted by molar-refractivity contribution is -0.139. The maximum absolute atomic E-state index is 13.8. The van der Waals surface area contributed by atoms with Gasteiger partial charge in [-0.05, 0) is 40.5 Å². The van der Waals surface area contributed by atoms with Gasteiger partial charge in [-0.1, -0.05) is 11.2 Å². The van der Waals surface area contributed by atoms with Crippen molar-refractivity contribution in [3.63, 3.8) is 0 Å². The van der Waals surface area contributed by atoms with E-state index in [1.165, 1.54) is 6.92 Å². The number of allylic oxidation sites excluding steroid dienone is 2. The van der Waals surface area contributed by atoms with Crippen molar-refractivity contribution in [3.8, 4) is 0 Å². The predicted octanol–water partition coefficient (Wildman–Crippen LogP) is 1.76. The number of hydrogen-bond acceptors (Lipinski definition) is 6. The third-order valence-corrected chi connectivity index (χ3v) is 2.99. The summed E-state index contributed by atoms with van der Waals surface area (Å²) in [5, 5.41) is 14.7. The molecule has 1 amide bonds. The van der Waals surface area contributed by atoms with Crippen LogP contribution < -0.4 is 11.1 Å². The van der Waals surface area contributed by atoms with Crippen LogP contribution in [0.3, 0.4) is 0 Å². The average Bonchev–Trinajstić information content (AvgIpc) is 2.76. The van der Waals surface area contributed by atoms with Crippen LogP contribution in [0, 0.1) is 6.92 Å². The molecule has 25 heavy (non-hydrogen) atoms. The van der Waals surface area contributed by atoms with E-state index in [4.69, 9.17) is 9.84 Å². The topological polar surface area (TPSA) is 124 Å². The molecule has 1 atom stereocenters. The van der Waals surface area contributed by atoms with Crippen LogP contribution in [0.25, 0.3) is 0 Å². The van der Waals surface area contributed by atoms with Gasteiger partial charge in [-0.3, -0.25) is 9.09 Å². The van der Waals surface area contributed by atoms with Crippen LogP contribution in [-0.2, 0) is 16.1 Å². The minimum Gasteiger partial charge on any atom is -0.480 e. The third-order valence-electron chi connectivity index (χ3n) is 2.99. The number of nitrogens with zero attached hydrogens (tertiary/aromatic N) is 2. The number of halogens is 1. The quantitative estimate of drug-likeness (QED) is 0.760. The first-order valence-electron chi connectivity index (χ1n) is 7.59. The molecule has 140 valence electrons. The molecule has 1 rings (SSSR count). The highest BCUT2D eigenvalue weighted by molar-refractivity contribution is 5.79. The second-order valence-electron chi connectivity index (χ2n) is 6.35. The highest BCUT2D eigenvalue weighted by Crippen LogP contribution is 2.09. The number of ether oxygens (including phenoxy) is 1. The maximum Gasteiger partial charge on any atom is 0.441 e. The molecule has 1 heterocycles. The summed E-state index contributed by atoms with van der Waals surface area (Å²) in [4.78, 5) is 34.1. The standard InChI is InChI=1S/C15H22FN3O6/c1-9-18-25-14(23)19(9)8-10(16)6-5-7-11(12(20)21)17-13(22)24-15(2,3)4/h6,11H,5,7-8H2,1-4H3,(H,17,22)(H,20,21)/b10-6+/t11-/m0/s1. The molecule has 0 saturated heterocycles. The average molecular weight is 359 g/mol. The van der Waals surface area contributed by atoms with Crippen LogP contribution in [-0.4, -0.2) is 38.5 Å². The molecule has 0 unspecified atom stereocenters. The number of carbonyl (C=O) groups is 2. The van der Waals surface area contributed by atoms with E-state index in [9.17, 15) is 18.8 Å². The number of rotatable bonds is 7. The molecule has 2 N–H and O–H groups in total. The van der Waals surface area contributed by atoms with E-state index >= 15 is 0 Å². The zero-order valence-electron chi connectivity index (χ0n) is 14.5. The summed E-state index contributed by atoms with van der Waals surface area (Å²) in [6, 6.07) is -1.22. The smallest absolute Gasteiger partial charge is 0.441 e. The Bertz CT molecular complexity index is 701. The molecular formula is C15H22FN3O6. The Morgan fingerprint density at radius 1 is 1.48 bits per heavy atom. The number of carbonyl (C=O) groups excluding carboxylic acids is 1. The number of nitrogens with one attached hydrogen (secondary N) is 1. The van der Waals surface area contributed by atoms with Gasteiger partial charge in [0.1, 0.15) is 17.5 Å². The molecule has 0 radical (unpaired) electrons. The number of aromatic nitrogens is 2. The number of alkyl carbamates (subject to hydrolysis) is 1. The van der Waals surface area contributed by atoms with Gasteiger partial charge in [0.15, 0.2) is 5.82 Å². The highest BCUT2D eigenvalue weighted by atomic mass is 19.1. The summed E-state index contributed by atoms with van der Waals surface area (Å²) in [5.41, 5.74) is -0.761. The molecule has 1 aromatic rings. The summed E-state index contributed by atoms with van der Waals surface area (Å²) in [6.45, 7) is 6.08. The van der Waals surface area contributed by atoms with Gasteiger partial charge in [-0.15, -0.1) is 0 Å². The molecule has 0 aliphatic rings. The Hall–Kier alpha value is -2.65. The molecule has 0 aliphatic carbocycles. The number of carboxylic acids is 1. The third kappa shape index (κ3) is 7.19. The Kier molecular flexibility index (Phi) is 6.89. The summed E-state index contributed by atoms with van der Waals surface area (Å²) in [7, 11) is 0. The van der Waals surface area contributed by atoms with E-state index < -0.39 is 35.3 Å². The predicted molar refractivity (Wildman–Crippen MR) is 84.7 cm³/mol. The van der Waals surface area contributed by atoms with E-state index in [1.54, 1.807) is 20.8 Å². The molecule has 1 aromatic heterocycles. The first kappa shape index (κ1) is 20.4. The van der Waals surface area contributed by atoms with Gasteiger partial charge >= 0.3 is 17.8 Å². The van der Waals surface area contributed by atoms with Gasteiger partial charge in [-0.2, -0.15) is 0 Å². The second-order valence-corrected chi connectivity index (χ2v) is 6.35. The molecule has 10 heteroatoms. The first-order chi connectivity index (χ1) is 11.5. The van der Waals surface area contributed by atoms with Crippen LogP contribution in [0.5, 0.6) is 0 Å². The fourth-order valence-corrected chi connectivity index (χ4v) is 1.84. The lowest BCUT2D eigenvalue weighted by atomic mass is 10.1. The van der Waals surface area contributed by atoms with Crippen molar-refractivity contribution in [1.29, 1.82) is 0 Å². The second kappa shape index (κ2) is 8.45. The van der Waals surface area contributed by atoms with Crippen molar-refractivity contribution < 1.29 is 28.3 Å².